The average molecular weight is 473 g/mol. The van der Waals surface area contributed by atoms with Crippen molar-refractivity contribution in [1.29, 1.82) is 0 Å². The summed E-state index contributed by atoms with van der Waals surface area (Å²) in [6.07, 6.45) is 6.09. The first kappa shape index (κ1) is 21.8. The second-order valence-corrected chi connectivity index (χ2v) is 9.76. The molecule has 0 spiro atoms. The zero-order valence-corrected chi connectivity index (χ0v) is 19.6. The molecule has 35 heavy (non-hydrogen) atoms. The molecule has 0 aliphatic heterocycles. The molecule has 6 rings (SSSR count). The summed E-state index contributed by atoms with van der Waals surface area (Å²) in [7, 11) is 0. The Morgan fingerprint density at radius 1 is 1.03 bits per heavy atom. The Morgan fingerprint density at radius 2 is 1.91 bits per heavy atom. The molecular formula is C25H28N8O2. The van der Waals surface area contributed by atoms with E-state index in [1.54, 1.807) is 10.9 Å². The van der Waals surface area contributed by atoms with Gasteiger partial charge >= 0.3 is 0 Å². The third-order valence-corrected chi connectivity index (χ3v) is 7.14. The van der Waals surface area contributed by atoms with Crippen molar-refractivity contribution in [2.75, 3.05) is 5.32 Å². The van der Waals surface area contributed by atoms with Crippen LogP contribution < -0.4 is 10.6 Å². The molecule has 2 fully saturated rings. The number of nitrogens with one attached hydrogen (secondary N) is 2. The van der Waals surface area contributed by atoms with Crippen LogP contribution in [0, 0.1) is 12.8 Å². The summed E-state index contributed by atoms with van der Waals surface area (Å²) in [5, 5.41) is 25.8. The summed E-state index contributed by atoms with van der Waals surface area (Å²) in [5.41, 5.74) is 3.99. The van der Waals surface area contributed by atoms with E-state index >= 15 is 0 Å². The van der Waals surface area contributed by atoms with Crippen LogP contribution in [0.5, 0.6) is 0 Å². The third-order valence-electron chi connectivity index (χ3n) is 7.14. The minimum Gasteiger partial charge on any atom is -0.393 e. The summed E-state index contributed by atoms with van der Waals surface area (Å²) in [6, 6.07) is 10.2. The number of aliphatic hydroxyl groups excluding tert-OH is 1. The molecule has 1 amide bonds. The lowest BCUT2D eigenvalue weighted by molar-refractivity contribution is -0.125. The molecule has 180 valence electrons. The number of anilines is 1. The van der Waals surface area contributed by atoms with Gasteiger partial charge in [0.1, 0.15) is 0 Å². The molecule has 0 unspecified atom stereocenters. The number of fused-ring (bicyclic) bond motifs is 2. The highest BCUT2D eigenvalue weighted by molar-refractivity contribution is 5.82. The van der Waals surface area contributed by atoms with Gasteiger partial charge in [0, 0.05) is 29.1 Å². The zero-order valence-electron chi connectivity index (χ0n) is 19.6. The molecule has 0 saturated heterocycles. The van der Waals surface area contributed by atoms with Crippen LogP contribution in [0.25, 0.3) is 27.8 Å². The minimum absolute atomic E-state index is 0.0315. The smallest absolute Gasteiger partial charge is 0.225 e. The molecule has 10 nitrogen and oxygen atoms in total. The lowest BCUT2D eigenvalue weighted by Crippen LogP contribution is -2.37. The Labute approximate surface area is 202 Å². The average Bonchev–Trinajstić information content (AvgIpc) is 3.59. The minimum atomic E-state index is -0.288. The number of hydrogen-bond acceptors (Lipinski definition) is 8. The highest BCUT2D eigenvalue weighted by atomic mass is 16.3. The van der Waals surface area contributed by atoms with Crippen molar-refractivity contribution in [3.05, 3.63) is 42.2 Å². The monoisotopic (exact) mass is 472 g/mol. The van der Waals surface area contributed by atoms with Gasteiger partial charge in [-0.2, -0.15) is 9.67 Å². The summed E-state index contributed by atoms with van der Waals surface area (Å²) < 4.78 is 1.71. The fourth-order valence-corrected chi connectivity index (χ4v) is 5.26. The van der Waals surface area contributed by atoms with Crippen LogP contribution in [0.2, 0.25) is 0 Å². The predicted molar refractivity (Wildman–Crippen MR) is 131 cm³/mol. The molecule has 0 radical (unpaired) electrons. The van der Waals surface area contributed by atoms with Crippen LogP contribution in [0.4, 0.5) is 5.95 Å². The van der Waals surface area contributed by atoms with Gasteiger partial charge in [-0.3, -0.25) is 9.78 Å². The van der Waals surface area contributed by atoms with Crippen molar-refractivity contribution in [2.24, 2.45) is 5.92 Å². The normalized spacial score (nSPS) is 24.3. The van der Waals surface area contributed by atoms with Crippen LogP contribution in [-0.2, 0) is 4.79 Å². The van der Waals surface area contributed by atoms with E-state index in [-0.39, 0.29) is 30.0 Å². The van der Waals surface area contributed by atoms with Crippen LogP contribution in [0.3, 0.4) is 0 Å². The fourth-order valence-electron chi connectivity index (χ4n) is 5.26. The highest BCUT2D eigenvalue weighted by Crippen LogP contribution is 2.29. The van der Waals surface area contributed by atoms with Crippen molar-refractivity contribution >= 4 is 33.9 Å². The van der Waals surface area contributed by atoms with E-state index in [1.165, 1.54) is 0 Å². The lowest BCUT2D eigenvalue weighted by Gasteiger charge is -2.17. The number of aromatic nitrogens is 6. The Balaban J connectivity index is 1.17. The number of nitrogens with zero attached hydrogens (tertiary/aromatic N) is 6. The van der Waals surface area contributed by atoms with Crippen LogP contribution in [-0.4, -0.2) is 59.1 Å². The number of carbonyl (C=O) groups excluding carboxylic acids is 1. The summed E-state index contributed by atoms with van der Waals surface area (Å²) >= 11 is 0. The van der Waals surface area contributed by atoms with Crippen molar-refractivity contribution < 1.29 is 9.90 Å². The second kappa shape index (κ2) is 8.84. The maximum Gasteiger partial charge on any atom is 0.225 e. The fraction of sp³-hybridized carbons (Fsp3) is 0.440. The molecule has 2 saturated carbocycles. The first-order valence-corrected chi connectivity index (χ1v) is 12.2. The molecule has 2 aliphatic carbocycles. The summed E-state index contributed by atoms with van der Waals surface area (Å²) in [4.78, 5) is 26.4. The topological polar surface area (TPSA) is 131 Å². The quantitative estimate of drug-likeness (QED) is 0.404. The molecule has 1 aromatic carbocycles. The summed E-state index contributed by atoms with van der Waals surface area (Å²) in [6.45, 7) is 1.98. The Morgan fingerprint density at radius 3 is 2.77 bits per heavy atom. The van der Waals surface area contributed by atoms with E-state index in [1.807, 2.05) is 37.3 Å². The lowest BCUT2D eigenvalue weighted by atomic mass is 10.1. The van der Waals surface area contributed by atoms with E-state index in [9.17, 15) is 9.90 Å². The standard InChI is InChI=1S/C25H28N8O2/c1-14-2-3-15-11-19(7-9-21(15)27-14)33-23-22(31-32-33)13-26-25(30-23)29-17-5-4-16(10-17)24(35)28-18-6-8-20(34)12-18/h2-3,7,9,11,13,16-18,20,34H,4-6,8,10,12H2,1H3,(H,28,35)(H,26,29,30)/t16-,17-,18-,20-/m1/s1. The number of hydrogen-bond donors (Lipinski definition) is 3. The Kier molecular flexibility index (Phi) is 5.52. The van der Waals surface area contributed by atoms with E-state index in [0.29, 0.717) is 23.5 Å². The number of benzene rings is 1. The molecule has 0 bridgehead atoms. The van der Waals surface area contributed by atoms with Gasteiger partial charge in [-0.1, -0.05) is 11.3 Å². The van der Waals surface area contributed by atoms with Gasteiger partial charge in [0.25, 0.3) is 0 Å². The maximum atomic E-state index is 12.7. The molecule has 3 aromatic heterocycles. The number of pyridine rings is 1. The number of rotatable bonds is 5. The van der Waals surface area contributed by atoms with E-state index < -0.39 is 0 Å². The molecule has 4 aromatic rings. The molecule has 3 N–H and O–H groups in total. The van der Waals surface area contributed by atoms with E-state index in [4.69, 9.17) is 4.98 Å². The highest BCUT2D eigenvalue weighted by Gasteiger charge is 2.33. The van der Waals surface area contributed by atoms with Gasteiger partial charge in [0.2, 0.25) is 11.9 Å². The van der Waals surface area contributed by atoms with Gasteiger partial charge in [0.05, 0.1) is 23.5 Å². The van der Waals surface area contributed by atoms with Crippen LogP contribution in [0.1, 0.15) is 44.2 Å². The summed E-state index contributed by atoms with van der Waals surface area (Å²) in [5.74, 6) is 0.563. The van der Waals surface area contributed by atoms with Crippen molar-refractivity contribution in [2.45, 2.75) is 63.6 Å². The molecule has 3 heterocycles. The van der Waals surface area contributed by atoms with Gasteiger partial charge < -0.3 is 15.7 Å². The number of aliphatic hydroxyl groups is 1. The van der Waals surface area contributed by atoms with Gasteiger partial charge in [-0.15, -0.1) is 5.10 Å². The number of amides is 1. The van der Waals surface area contributed by atoms with Gasteiger partial charge in [-0.25, -0.2) is 4.98 Å². The van der Waals surface area contributed by atoms with E-state index in [2.05, 4.69) is 30.9 Å². The predicted octanol–water partition coefficient (Wildman–Crippen LogP) is 2.68. The van der Waals surface area contributed by atoms with Crippen LogP contribution >= 0.6 is 0 Å². The maximum absolute atomic E-state index is 12.7. The number of aryl methyl sites for hydroxylation is 1. The van der Waals surface area contributed by atoms with Crippen molar-refractivity contribution in [3.63, 3.8) is 0 Å². The Bertz CT molecular complexity index is 1400. The second-order valence-electron chi connectivity index (χ2n) is 9.76. The largest absolute Gasteiger partial charge is 0.393 e. The zero-order chi connectivity index (χ0) is 23.9. The van der Waals surface area contributed by atoms with Gasteiger partial charge in [0.15, 0.2) is 11.2 Å². The molecule has 4 atom stereocenters. The molecular weight excluding hydrogens is 444 g/mol. The first-order valence-electron chi connectivity index (χ1n) is 12.2. The van der Waals surface area contributed by atoms with Crippen molar-refractivity contribution in [1.82, 2.24) is 35.3 Å². The van der Waals surface area contributed by atoms with Crippen LogP contribution in [0.15, 0.2) is 36.5 Å². The van der Waals surface area contributed by atoms with Crippen molar-refractivity contribution in [3.8, 4) is 5.69 Å². The Hall–Kier alpha value is -3.66. The third kappa shape index (κ3) is 4.41. The molecule has 10 heteroatoms. The van der Waals surface area contributed by atoms with Gasteiger partial charge in [-0.05, 0) is 69.7 Å². The number of carbonyl (C=O) groups is 1. The molecule has 2 aliphatic rings. The van der Waals surface area contributed by atoms with E-state index in [0.717, 1.165) is 54.4 Å². The SMILES string of the molecule is Cc1ccc2cc(-n3nnc4cnc(N[C@@H]5CC[C@@H](C(=O)N[C@@H]6CC[C@@H](O)C6)C5)nc43)ccc2n1. The first-order chi connectivity index (χ1) is 17.0.